The highest BCUT2D eigenvalue weighted by atomic mass is 16.5. The molecule has 8 nitrogen and oxygen atoms in total. The standard InChI is InChI=1S/C23H23NO7/c1-13-17-8-7-16(30-2)12-20(17)31-23(29)18(13)9-10-21(26)24-19(22(27)28)11-14-3-5-15(25)6-4-14/h3-8,12,19,25H,9-11H2,1-2H3,(H,24,26)(H,27,28). The number of hydrogen-bond donors (Lipinski definition) is 3. The van der Waals surface area contributed by atoms with Gasteiger partial charge in [-0.1, -0.05) is 12.1 Å². The zero-order valence-electron chi connectivity index (χ0n) is 17.2. The Labute approximate surface area is 178 Å². The van der Waals surface area contributed by atoms with Gasteiger partial charge in [0.25, 0.3) is 0 Å². The van der Waals surface area contributed by atoms with Gasteiger partial charge in [0.2, 0.25) is 5.91 Å². The summed E-state index contributed by atoms with van der Waals surface area (Å²) in [5, 5.41) is 22.0. The Hall–Kier alpha value is -3.81. The SMILES string of the molecule is COc1ccc2c(C)c(CCC(=O)NC(Cc3ccc(O)cc3)C(=O)O)c(=O)oc2c1. The summed E-state index contributed by atoms with van der Waals surface area (Å²) < 4.78 is 10.5. The number of phenolic OH excluding ortho intramolecular Hbond substituents is 1. The van der Waals surface area contributed by atoms with E-state index in [2.05, 4.69) is 5.32 Å². The molecule has 0 saturated carbocycles. The number of aliphatic carboxylic acids is 1. The molecule has 1 atom stereocenters. The molecule has 0 radical (unpaired) electrons. The predicted octanol–water partition coefficient (Wildman–Crippen LogP) is 2.56. The molecule has 162 valence electrons. The lowest BCUT2D eigenvalue weighted by atomic mass is 10.0. The second kappa shape index (κ2) is 9.34. The summed E-state index contributed by atoms with van der Waals surface area (Å²) in [6.07, 6.45) is 0.125. The van der Waals surface area contributed by atoms with E-state index in [0.29, 0.717) is 28.0 Å². The minimum absolute atomic E-state index is 0.0629. The second-order valence-corrected chi connectivity index (χ2v) is 7.18. The molecule has 1 unspecified atom stereocenters. The molecule has 0 spiro atoms. The van der Waals surface area contributed by atoms with Crippen LogP contribution in [0.3, 0.4) is 0 Å². The summed E-state index contributed by atoms with van der Waals surface area (Å²) in [6.45, 7) is 1.78. The van der Waals surface area contributed by atoms with Gasteiger partial charge < -0.3 is 24.7 Å². The van der Waals surface area contributed by atoms with Gasteiger partial charge in [-0.25, -0.2) is 9.59 Å². The maximum absolute atomic E-state index is 12.4. The van der Waals surface area contributed by atoms with E-state index in [-0.39, 0.29) is 25.0 Å². The first kappa shape index (κ1) is 21.9. The average Bonchev–Trinajstić information content (AvgIpc) is 2.74. The van der Waals surface area contributed by atoms with Crippen molar-refractivity contribution in [2.45, 2.75) is 32.2 Å². The van der Waals surface area contributed by atoms with Crippen molar-refractivity contribution >= 4 is 22.8 Å². The van der Waals surface area contributed by atoms with Crippen LogP contribution >= 0.6 is 0 Å². The zero-order valence-corrected chi connectivity index (χ0v) is 17.2. The number of rotatable bonds is 8. The number of carbonyl (C=O) groups is 2. The van der Waals surface area contributed by atoms with Gasteiger partial charge in [-0.3, -0.25) is 4.79 Å². The number of carbonyl (C=O) groups excluding carboxylic acids is 1. The van der Waals surface area contributed by atoms with Gasteiger partial charge in [0.05, 0.1) is 7.11 Å². The lowest BCUT2D eigenvalue weighted by Gasteiger charge is -2.15. The highest BCUT2D eigenvalue weighted by molar-refractivity contribution is 5.85. The Morgan fingerprint density at radius 1 is 1.16 bits per heavy atom. The second-order valence-electron chi connectivity index (χ2n) is 7.18. The van der Waals surface area contributed by atoms with Crippen molar-refractivity contribution in [3.8, 4) is 11.5 Å². The van der Waals surface area contributed by atoms with Gasteiger partial charge >= 0.3 is 11.6 Å². The molecule has 0 bridgehead atoms. The van der Waals surface area contributed by atoms with Crippen LogP contribution in [-0.4, -0.2) is 35.2 Å². The van der Waals surface area contributed by atoms with E-state index in [1.54, 1.807) is 37.3 Å². The van der Waals surface area contributed by atoms with Crippen molar-refractivity contribution in [1.82, 2.24) is 5.32 Å². The number of carboxylic acid groups (broad SMARTS) is 1. The molecule has 3 N–H and O–H groups in total. The van der Waals surface area contributed by atoms with Crippen LogP contribution in [0.2, 0.25) is 0 Å². The third kappa shape index (κ3) is 5.22. The summed E-state index contributed by atoms with van der Waals surface area (Å²) >= 11 is 0. The summed E-state index contributed by atoms with van der Waals surface area (Å²) in [7, 11) is 1.52. The molecule has 31 heavy (non-hydrogen) atoms. The highest BCUT2D eigenvalue weighted by Crippen LogP contribution is 2.24. The number of methoxy groups -OCH3 is 1. The van der Waals surface area contributed by atoms with Gasteiger partial charge in [0.1, 0.15) is 23.1 Å². The number of ether oxygens (including phenoxy) is 1. The van der Waals surface area contributed by atoms with Crippen LogP contribution in [0.15, 0.2) is 51.7 Å². The first-order valence-corrected chi connectivity index (χ1v) is 9.69. The van der Waals surface area contributed by atoms with Crippen LogP contribution in [0.4, 0.5) is 0 Å². The van der Waals surface area contributed by atoms with Gasteiger partial charge in [-0.05, 0) is 48.7 Å². The average molecular weight is 425 g/mol. The lowest BCUT2D eigenvalue weighted by Crippen LogP contribution is -2.42. The molecule has 3 aromatic rings. The number of aryl methyl sites for hydroxylation is 1. The first-order valence-electron chi connectivity index (χ1n) is 9.69. The Kier molecular flexibility index (Phi) is 6.59. The Balaban J connectivity index is 1.70. The summed E-state index contributed by atoms with van der Waals surface area (Å²) in [6, 6.07) is 10.1. The quantitative estimate of drug-likeness (QED) is 0.474. The van der Waals surface area contributed by atoms with E-state index in [4.69, 9.17) is 9.15 Å². The molecule has 0 aliphatic carbocycles. The van der Waals surface area contributed by atoms with E-state index in [1.807, 2.05) is 0 Å². The smallest absolute Gasteiger partial charge is 0.339 e. The molecule has 0 saturated heterocycles. The molecule has 8 heteroatoms. The van der Waals surface area contributed by atoms with Crippen molar-refractivity contribution in [1.29, 1.82) is 0 Å². The molecule has 1 aromatic heterocycles. The summed E-state index contributed by atoms with van der Waals surface area (Å²) in [5.74, 6) is -1.02. The maximum atomic E-state index is 12.4. The molecule has 1 heterocycles. The Morgan fingerprint density at radius 3 is 2.52 bits per heavy atom. The molecule has 3 rings (SSSR count). The van der Waals surface area contributed by atoms with Crippen LogP contribution in [0.5, 0.6) is 11.5 Å². The van der Waals surface area contributed by atoms with Crippen molar-refractivity contribution in [2.75, 3.05) is 7.11 Å². The molecular weight excluding hydrogens is 402 g/mol. The van der Waals surface area contributed by atoms with E-state index in [9.17, 15) is 24.6 Å². The normalized spacial score (nSPS) is 11.8. The fourth-order valence-corrected chi connectivity index (χ4v) is 3.36. The number of benzene rings is 2. The number of amides is 1. The third-order valence-corrected chi connectivity index (χ3v) is 5.11. The molecular formula is C23H23NO7. The van der Waals surface area contributed by atoms with Crippen molar-refractivity contribution in [2.24, 2.45) is 0 Å². The van der Waals surface area contributed by atoms with Crippen LogP contribution in [0, 0.1) is 6.92 Å². The molecule has 2 aromatic carbocycles. The molecule has 1 amide bonds. The molecule has 0 fully saturated rings. The lowest BCUT2D eigenvalue weighted by molar-refractivity contribution is -0.141. The van der Waals surface area contributed by atoms with Crippen LogP contribution < -0.4 is 15.7 Å². The molecule has 0 aliphatic rings. The van der Waals surface area contributed by atoms with E-state index < -0.39 is 23.5 Å². The number of carboxylic acids is 1. The highest BCUT2D eigenvalue weighted by Gasteiger charge is 2.21. The summed E-state index contributed by atoms with van der Waals surface area (Å²) in [5.41, 5.74) is 1.60. The van der Waals surface area contributed by atoms with Crippen molar-refractivity contribution < 1.29 is 29.0 Å². The van der Waals surface area contributed by atoms with Crippen LogP contribution in [-0.2, 0) is 22.4 Å². The largest absolute Gasteiger partial charge is 0.508 e. The third-order valence-electron chi connectivity index (χ3n) is 5.11. The minimum atomic E-state index is -1.17. The first-order chi connectivity index (χ1) is 14.8. The Morgan fingerprint density at radius 2 is 1.87 bits per heavy atom. The minimum Gasteiger partial charge on any atom is -0.508 e. The maximum Gasteiger partial charge on any atom is 0.339 e. The topological polar surface area (TPSA) is 126 Å². The van der Waals surface area contributed by atoms with Gasteiger partial charge in [0, 0.05) is 29.9 Å². The van der Waals surface area contributed by atoms with Gasteiger partial charge in [0.15, 0.2) is 0 Å². The number of hydrogen-bond acceptors (Lipinski definition) is 6. The van der Waals surface area contributed by atoms with Crippen LogP contribution in [0.25, 0.3) is 11.0 Å². The number of aromatic hydroxyl groups is 1. The van der Waals surface area contributed by atoms with Gasteiger partial charge in [-0.15, -0.1) is 0 Å². The fraction of sp³-hybridized carbons (Fsp3) is 0.261. The van der Waals surface area contributed by atoms with Crippen molar-refractivity contribution in [3.63, 3.8) is 0 Å². The monoisotopic (exact) mass is 425 g/mol. The number of phenols is 1. The Bertz CT molecular complexity index is 1160. The number of nitrogens with one attached hydrogen (secondary N) is 1. The number of fused-ring (bicyclic) bond motifs is 1. The van der Waals surface area contributed by atoms with Gasteiger partial charge in [-0.2, -0.15) is 0 Å². The zero-order chi connectivity index (χ0) is 22.5. The van der Waals surface area contributed by atoms with E-state index in [1.165, 1.54) is 19.2 Å². The summed E-state index contributed by atoms with van der Waals surface area (Å²) in [4.78, 5) is 36.3. The molecule has 0 aliphatic heterocycles. The van der Waals surface area contributed by atoms with Crippen LogP contribution in [0.1, 0.15) is 23.1 Å². The van der Waals surface area contributed by atoms with E-state index >= 15 is 0 Å². The van der Waals surface area contributed by atoms with Crippen molar-refractivity contribution in [3.05, 3.63) is 69.6 Å². The predicted molar refractivity (Wildman–Crippen MR) is 113 cm³/mol. The fourth-order valence-electron chi connectivity index (χ4n) is 3.36. The van der Waals surface area contributed by atoms with E-state index in [0.717, 1.165) is 5.39 Å².